The first-order valence-corrected chi connectivity index (χ1v) is 6.05. The lowest BCUT2D eigenvalue weighted by Crippen LogP contribution is -2.42. The van der Waals surface area contributed by atoms with E-state index in [9.17, 15) is 4.79 Å². The van der Waals surface area contributed by atoms with Crippen LogP contribution >= 0.6 is 11.3 Å². The lowest BCUT2D eigenvalue weighted by atomic mass is 10.3. The summed E-state index contributed by atoms with van der Waals surface area (Å²) in [5, 5.41) is 6.15. The average molecular weight is 225 g/mol. The first-order chi connectivity index (χ1) is 7.25. The topological polar surface area (TPSA) is 54.0 Å². The summed E-state index contributed by atoms with van der Waals surface area (Å²) in [7, 11) is 0. The van der Waals surface area contributed by atoms with E-state index < -0.39 is 0 Å². The Hall–Kier alpha value is -0.940. The second-order valence-electron chi connectivity index (χ2n) is 3.85. The molecule has 5 heteroatoms. The van der Waals surface area contributed by atoms with Crippen molar-refractivity contribution in [3.8, 4) is 0 Å². The molecule has 0 aromatic carbocycles. The monoisotopic (exact) mass is 225 g/mol. The molecule has 0 radical (unpaired) electrons. The third-order valence-electron chi connectivity index (χ3n) is 2.38. The minimum atomic E-state index is -0.132. The Morgan fingerprint density at radius 2 is 2.53 bits per heavy atom. The van der Waals surface area contributed by atoms with Crippen molar-refractivity contribution in [1.29, 1.82) is 0 Å². The van der Waals surface area contributed by atoms with Crippen LogP contribution in [0.25, 0.3) is 0 Å². The molecule has 0 spiro atoms. The van der Waals surface area contributed by atoms with Crippen molar-refractivity contribution in [1.82, 2.24) is 15.6 Å². The molecule has 1 fully saturated rings. The first kappa shape index (κ1) is 10.6. The van der Waals surface area contributed by atoms with Gasteiger partial charge in [-0.25, -0.2) is 0 Å². The Morgan fingerprint density at radius 3 is 3.13 bits per heavy atom. The predicted molar refractivity (Wildman–Crippen MR) is 59.6 cm³/mol. The maximum absolute atomic E-state index is 11.6. The van der Waals surface area contributed by atoms with E-state index in [1.165, 1.54) is 0 Å². The number of carbonyl (C=O) groups excluding carboxylic acids is 1. The highest BCUT2D eigenvalue weighted by atomic mass is 32.1. The van der Waals surface area contributed by atoms with Crippen LogP contribution in [0, 0.1) is 0 Å². The molecule has 1 aromatic rings. The summed E-state index contributed by atoms with van der Waals surface area (Å²) in [4.78, 5) is 16.7. The Kier molecular flexibility index (Phi) is 3.33. The van der Waals surface area contributed by atoms with Crippen molar-refractivity contribution in [2.75, 3.05) is 0 Å². The van der Waals surface area contributed by atoms with Gasteiger partial charge in [-0.2, -0.15) is 0 Å². The first-order valence-electron chi connectivity index (χ1n) is 5.17. The van der Waals surface area contributed by atoms with Gasteiger partial charge in [-0.1, -0.05) is 0 Å². The number of hydrogen-bond acceptors (Lipinski definition) is 4. The summed E-state index contributed by atoms with van der Waals surface area (Å²) in [6.07, 6.45) is 4.09. The van der Waals surface area contributed by atoms with Gasteiger partial charge in [-0.3, -0.25) is 9.78 Å². The van der Waals surface area contributed by atoms with Gasteiger partial charge >= 0.3 is 0 Å². The standard InChI is InChI=1S/C10H15N3OS/c1-7(10(14)13-8-2-3-8)12-5-9-4-11-6-15-9/h4,6-8,12H,2-3,5H2,1H3,(H,13,14). The van der Waals surface area contributed by atoms with Crippen LogP contribution in [0.2, 0.25) is 0 Å². The van der Waals surface area contributed by atoms with Crippen molar-refractivity contribution in [3.63, 3.8) is 0 Å². The quantitative estimate of drug-likeness (QED) is 0.783. The molecule has 82 valence electrons. The number of thiazole rings is 1. The predicted octanol–water partition coefficient (Wildman–Crippen LogP) is 0.900. The van der Waals surface area contributed by atoms with E-state index in [4.69, 9.17) is 0 Å². The number of aromatic nitrogens is 1. The molecule has 4 nitrogen and oxygen atoms in total. The van der Waals surface area contributed by atoms with E-state index in [-0.39, 0.29) is 11.9 Å². The van der Waals surface area contributed by atoms with Crippen molar-refractivity contribution >= 4 is 17.2 Å². The number of nitrogens with zero attached hydrogens (tertiary/aromatic N) is 1. The zero-order chi connectivity index (χ0) is 10.7. The Bertz CT molecular complexity index is 321. The van der Waals surface area contributed by atoms with Gasteiger partial charge in [-0.05, 0) is 19.8 Å². The van der Waals surface area contributed by atoms with Gasteiger partial charge in [0.15, 0.2) is 0 Å². The van der Waals surface area contributed by atoms with E-state index in [1.54, 1.807) is 16.8 Å². The summed E-state index contributed by atoms with van der Waals surface area (Å²) in [5.41, 5.74) is 1.80. The highest BCUT2D eigenvalue weighted by molar-refractivity contribution is 7.09. The molecule has 1 aliphatic rings. The second kappa shape index (κ2) is 4.72. The van der Waals surface area contributed by atoms with Gasteiger partial charge in [0.25, 0.3) is 0 Å². The highest BCUT2D eigenvalue weighted by Gasteiger charge is 2.25. The maximum atomic E-state index is 11.6. The fraction of sp³-hybridized carbons (Fsp3) is 0.600. The maximum Gasteiger partial charge on any atom is 0.237 e. The van der Waals surface area contributed by atoms with E-state index in [1.807, 2.05) is 13.1 Å². The zero-order valence-corrected chi connectivity index (χ0v) is 9.51. The second-order valence-corrected chi connectivity index (χ2v) is 4.82. The molecule has 1 aliphatic carbocycles. The van der Waals surface area contributed by atoms with Gasteiger partial charge < -0.3 is 10.6 Å². The number of hydrogen-bond donors (Lipinski definition) is 2. The molecule has 1 unspecified atom stereocenters. The minimum Gasteiger partial charge on any atom is -0.352 e. The van der Waals surface area contributed by atoms with Gasteiger partial charge in [-0.15, -0.1) is 11.3 Å². The van der Waals surface area contributed by atoms with Crippen LogP contribution in [0.5, 0.6) is 0 Å². The Balaban J connectivity index is 1.71. The fourth-order valence-corrected chi connectivity index (χ4v) is 1.78. The van der Waals surface area contributed by atoms with Crippen LogP contribution in [-0.4, -0.2) is 23.0 Å². The lowest BCUT2D eigenvalue weighted by molar-refractivity contribution is -0.122. The normalized spacial score (nSPS) is 17.4. The van der Waals surface area contributed by atoms with Crippen LogP contribution < -0.4 is 10.6 Å². The number of amides is 1. The van der Waals surface area contributed by atoms with Crippen LogP contribution in [0.1, 0.15) is 24.6 Å². The van der Waals surface area contributed by atoms with Crippen molar-refractivity contribution in [2.24, 2.45) is 0 Å². The molecule has 0 bridgehead atoms. The van der Waals surface area contributed by atoms with E-state index in [0.29, 0.717) is 12.6 Å². The Labute approximate surface area is 93.1 Å². The van der Waals surface area contributed by atoms with Crippen LogP contribution in [-0.2, 0) is 11.3 Å². The summed E-state index contributed by atoms with van der Waals surface area (Å²) in [5.74, 6) is 0.0991. The van der Waals surface area contributed by atoms with Crippen molar-refractivity contribution in [2.45, 2.75) is 38.4 Å². The molecule has 1 heterocycles. The molecule has 1 aromatic heterocycles. The minimum absolute atomic E-state index is 0.0991. The van der Waals surface area contributed by atoms with Crippen molar-refractivity contribution < 1.29 is 4.79 Å². The molecule has 2 N–H and O–H groups in total. The summed E-state index contributed by atoms with van der Waals surface area (Å²) < 4.78 is 0. The molecule has 1 amide bonds. The third kappa shape index (κ3) is 3.28. The molecule has 0 aliphatic heterocycles. The summed E-state index contributed by atoms with van der Waals surface area (Å²) in [6.45, 7) is 2.60. The van der Waals surface area contributed by atoms with Gasteiger partial charge in [0.2, 0.25) is 5.91 Å². The van der Waals surface area contributed by atoms with Crippen LogP contribution in [0.3, 0.4) is 0 Å². The number of nitrogens with one attached hydrogen (secondary N) is 2. The van der Waals surface area contributed by atoms with E-state index >= 15 is 0 Å². The molecule has 1 saturated carbocycles. The Morgan fingerprint density at radius 1 is 1.73 bits per heavy atom. The average Bonchev–Trinajstić information content (AvgIpc) is 2.88. The third-order valence-corrected chi connectivity index (χ3v) is 3.16. The summed E-state index contributed by atoms with van der Waals surface area (Å²) >= 11 is 1.60. The van der Waals surface area contributed by atoms with Crippen molar-refractivity contribution in [3.05, 3.63) is 16.6 Å². The van der Waals surface area contributed by atoms with E-state index in [2.05, 4.69) is 15.6 Å². The molecular weight excluding hydrogens is 210 g/mol. The largest absolute Gasteiger partial charge is 0.352 e. The van der Waals surface area contributed by atoms with Crippen LogP contribution in [0.15, 0.2) is 11.7 Å². The van der Waals surface area contributed by atoms with Gasteiger partial charge in [0, 0.05) is 23.7 Å². The smallest absolute Gasteiger partial charge is 0.237 e. The number of carbonyl (C=O) groups is 1. The SMILES string of the molecule is CC(NCc1cncs1)C(=O)NC1CC1. The fourth-order valence-electron chi connectivity index (χ4n) is 1.23. The van der Waals surface area contributed by atoms with Crippen LogP contribution in [0.4, 0.5) is 0 Å². The van der Waals surface area contributed by atoms with Gasteiger partial charge in [0.05, 0.1) is 11.6 Å². The van der Waals surface area contributed by atoms with Gasteiger partial charge in [0.1, 0.15) is 0 Å². The molecule has 15 heavy (non-hydrogen) atoms. The highest BCUT2D eigenvalue weighted by Crippen LogP contribution is 2.18. The molecule has 0 saturated heterocycles. The molecule has 2 rings (SSSR count). The number of rotatable bonds is 5. The molecule has 1 atom stereocenters. The zero-order valence-electron chi connectivity index (χ0n) is 8.69. The molecular formula is C10H15N3OS. The van der Waals surface area contributed by atoms with E-state index in [0.717, 1.165) is 17.7 Å². The summed E-state index contributed by atoms with van der Waals surface area (Å²) in [6, 6.07) is 0.304. The lowest BCUT2D eigenvalue weighted by Gasteiger charge is -2.12.